The van der Waals surface area contributed by atoms with Crippen LogP contribution in [-0.2, 0) is 4.74 Å². The second kappa shape index (κ2) is 4.37. The van der Waals surface area contributed by atoms with Crippen molar-refractivity contribution in [1.29, 1.82) is 0 Å². The predicted octanol–water partition coefficient (Wildman–Crippen LogP) is -0.820. The number of piperazine rings is 1. The Labute approximate surface area is 79.8 Å². The fraction of sp³-hybridized carbons (Fsp3) is 1.00. The second-order valence-electron chi connectivity index (χ2n) is 3.87. The van der Waals surface area contributed by atoms with E-state index in [0.717, 1.165) is 45.9 Å². The summed E-state index contributed by atoms with van der Waals surface area (Å²) < 4.78 is 5.74. The highest BCUT2D eigenvalue weighted by molar-refractivity contribution is 4.75. The van der Waals surface area contributed by atoms with E-state index in [9.17, 15) is 0 Å². The van der Waals surface area contributed by atoms with Gasteiger partial charge in [-0.25, -0.2) is 0 Å². The van der Waals surface area contributed by atoms with Crippen molar-refractivity contribution in [2.24, 2.45) is 0 Å². The molecule has 0 saturated carbocycles. The van der Waals surface area contributed by atoms with Gasteiger partial charge < -0.3 is 15.0 Å². The zero-order valence-corrected chi connectivity index (χ0v) is 8.33. The molecule has 2 saturated heterocycles. The Hall–Kier alpha value is -0.160. The number of likely N-dealkylation sites (N-methyl/N-ethyl adjacent to an activating group) is 1. The van der Waals surface area contributed by atoms with E-state index >= 15 is 0 Å². The highest BCUT2D eigenvalue weighted by Gasteiger charge is 2.24. The molecule has 1 atom stereocenters. The Morgan fingerprint density at radius 1 is 1.23 bits per heavy atom. The van der Waals surface area contributed by atoms with Crippen molar-refractivity contribution in [3.8, 4) is 0 Å². The van der Waals surface area contributed by atoms with Crippen molar-refractivity contribution >= 4 is 0 Å². The molecule has 2 rings (SSSR count). The Morgan fingerprint density at radius 2 is 2.00 bits per heavy atom. The van der Waals surface area contributed by atoms with Gasteiger partial charge in [-0.15, -0.1) is 0 Å². The van der Waals surface area contributed by atoms with Gasteiger partial charge in [-0.1, -0.05) is 0 Å². The Bertz CT molecular complexity index is 159. The number of ether oxygens (including phenoxy) is 1. The zero-order chi connectivity index (χ0) is 9.10. The largest absolute Gasteiger partial charge is 0.360 e. The molecule has 1 unspecified atom stereocenters. The fourth-order valence-electron chi connectivity index (χ4n) is 1.95. The van der Waals surface area contributed by atoms with Crippen LogP contribution >= 0.6 is 0 Å². The van der Waals surface area contributed by atoms with Crippen molar-refractivity contribution < 1.29 is 4.74 Å². The molecule has 76 valence electrons. The molecule has 4 heteroatoms. The van der Waals surface area contributed by atoms with Gasteiger partial charge in [0.15, 0.2) is 0 Å². The monoisotopic (exact) mass is 185 g/mol. The summed E-state index contributed by atoms with van der Waals surface area (Å²) in [6, 6.07) is 0. The molecule has 0 spiro atoms. The van der Waals surface area contributed by atoms with E-state index in [1.807, 2.05) is 0 Å². The minimum Gasteiger partial charge on any atom is -0.360 e. The third-order valence-corrected chi connectivity index (χ3v) is 2.81. The lowest BCUT2D eigenvalue weighted by Crippen LogP contribution is -2.55. The molecule has 0 amide bonds. The number of nitrogens with zero attached hydrogens (tertiary/aromatic N) is 2. The Kier molecular flexibility index (Phi) is 3.16. The molecule has 2 fully saturated rings. The fourth-order valence-corrected chi connectivity index (χ4v) is 1.95. The van der Waals surface area contributed by atoms with Crippen LogP contribution in [0.25, 0.3) is 0 Å². The third kappa shape index (κ3) is 2.40. The molecule has 2 aliphatic heterocycles. The van der Waals surface area contributed by atoms with Crippen molar-refractivity contribution in [1.82, 2.24) is 15.1 Å². The molecule has 2 aliphatic rings. The molecule has 0 aromatic carbocycles. The summed E-state index contributed by atoms with van der Waals surface area (Å²) in [6.45, 7) is 7.46. The van der Waals surface area contributed by atoms with Gasteiger partial charge in [0.1, 0.15) is 6.23 Å². The van der Waals surface area contributed by atoms with Crippen molar-refractivity contribution in [3.63, 3.8) is 0 Å². The first kappa shape index (κ1) is 9.40. The molecular weight excluding hydrogens is 166 g/mol. The maximum Gasteiger partial charge on any atom is 0.123 e. The van der Waals surface area contributed by atoms with Gasteiger partial charge in [0, 0.05) is 39.3 Å². The van der Waals surface area contributed by atoms with Crippen LogP contribution in [0.2, 0.25) is 0 Å². The van der Waals surface area contributed by atoms with Crippen molar-refractivity contribution in [2.45, 2.75) is 6.23 Å². The van der Waals surface area contributed by atoms with Gasteiger partial charge in [-0.05, 0) is 7.05 Å². The number of rotatable bonds is 1. The zero-order valence-electron chi connectivity index (χ0n) is 8.33. The lowest BCUT2D eigenvalue weighted by Gasteiger charge is -2.39. The van der Waals surface area contributed by atoms with Crippen LogP contribution in [0, 0.1) is 0 Å². The molecule has 2 heterocycles. The first-order valence-electron chi connectivity index (χ1n) is 5.11. The standard InChI is InChI=1S/C9H19N3O/c1-11-6-7-13-9(8-11)12-4-2-10-3-5-12/h9-10H,2-8H2,1H3. The molecule has 0 aromatic rings. The van der Waals surface area contributed by atoms with Gasteiger partial charge in [-0.3, -0.25) is 4.90 Å². The molecule has 0 bridgehead atoms. The summed E-state index contributed by atoms with van der Waals surface area (Å²) in [5, 5.41) is 3.35. The number of nitrogens with one attached hydrogen (secondary N) is 1. The van der Waals surface area contributed by atoms with Gasteiger partial charge >= 0.3 is 0 Å². The van der Waals surface area contributed by atoms with Gasteiger partial charge in [0.2, 0.25) is 0 Å². The maximum atomic E-state index is 5.74. The maximum absolute atomic E-state index is 5.74. The SMILES string of the molecule is CN1CCOC(N2CCNCC2)C1. The van der Waals surface area contributed by atoms with Gasteiger partial charge in [-0.2, -0.15) is 0 Å². The Balaban J connectivity index is 1.83. The minimum atomic E-state index is 0.334. The minimum absolute atomic E-state index is 0.334. The lowest BCUT2D eigenvalue weighted by atomic mass is 10.3. The van der Waals surface area contributed by atoms with E-state index in [1.165, 1.54) is 0 Å². The van der Waals surface area contributed by atoms with E-state index in [4.69, 9.17) is 4.74 Å². The van der Waals surface area contributed by atoms with E-state index in [2.05, 4.69) is 22.2 Å². The molecule has 0 radical (unpaired) electrons. The average molecular weight is 185 g/mol. The van der Waals surface area contributed by atoms with Gasteiger partial charge in [0.25, 0.3) is 0 Å². The summed E-state index contributed by atoms with van der Waals surface area (Å²) in [6.07, 6.45) is 0.334. The highest BCUT2D eigenvalue weighted by Crippen LogP contribution is 2.08. The van der Waals surface area contributed by atoms with Crippen LogP contribution < -0.4 is 5.32 Å². The van der Waals surface area contributed by atoms with E-state index in [1.54, 1.807) is 0 Å². The molecular formula is C9H19N3O. The average Bonchev–Trinajstić information content (AvgIpc) is 2.19. The molecule has 13 heavy (non-hydrogen) atoms. The van der Waals surface area contributed by atoms with Crippen LogP contribution in [0.3, 0.4) is 0 Å². The van der Waals surface area contributed by atoms with Crippen molar-refractivity contribution in [2.75, 3.05) is 52.9 Å². The predicted molar refractivity (Wildman–Crippen MR) is 51.7 cm³/mol. The molecule has 0 aliphatic carbocycles. The second-order valence-corrected chi connectivity index (χ2v) is 3.87. The first-order valence-corrected chi connectivity index (χ1v) is 5.11. The van der Waals surface area contributed by atoms with Gasteiger partial charge in [0.05, 0.1) is 6.61 Å². The van der Waals surface area contributed by atoms with Crippen LogP contribution in [0.15, 0.2) is 0 Å². The summed E-state index contributed by atoms with van der Waals surface area (Å²) in [5.74, 6) is 0. The first-order chi connectivity index (χ1) is 6.36. The number of hydrogen-bond acceptors (Lipinski definition) is 4. The lowest BCUT2D eigenvalue weighted by molar-refractivity contribution is -0.109. The number of morpholine rings is 1. The summed E-state index contributed by atoms with van der Waals surface area (Å²) in [4.78, 5) is 4.78. The normalized spacial score (nSPS) is 33.5. The van der Waals surface area contributed by atoms with Crippen molar-refractivity contribution in [3.05, 3.63) is 0 Å². The topological polar surface area (TPSA) is 27.7 Å². The summed E-state index contributed by atoms with van der Waals surface area (Å²) >= 11 is 0. The third-order valence-electron chi connectivity index (χ3n) is 2.81. The molecule has 4 nitrogen and oxygen atoms in total. The van der Waals surface area contributed by atoms with Crippen LogP contribution in [-0.4, -0.2) is 69.0 Å². The van der Waals surface area contributed by atoms with Crippen LogP contribution in [0.5, 0.6) is 0 Å². The molecule has 1 N–H and O–H groups in total. The van der Waals surface area contributed by atoms with E-state index in [0.29, 0.717) is 6.23 Å². The highest BCUT2D eigenvalue weighted by atomic mass is 16.5. The number of hydrogen-bond donors (Lipinski definition) is 1. The van der Waals surface area contributed by atoms with E-state index in [-0.39, 0.29) is 0 Å². The quantitative estimate of drug-likeness (QED) is 0.577. The summed E-state index contributed by atoms with van der Waals surface area (Å²) in [7, 11) is 2.16. The molecule has 0 aromatic heterocycles. The van der Waals surface area contributed by atoms with Crippen LogP contribution in [0.4, 0.5) is 0 Å². The summed E-state index contributed by atoms with van der Waals surface area (Å²) in [5.41, 5.74) is 0. The smallest absolute Gasteiger partial charge is 0.123 e. The van der Waals surface area contributed by atoms with Crippen LogP contribution in [0.1, 0.15) is 0 Å². The Morgan fingerprint density at radius 3 is 2.69 bits per heavy atom. The van der Waals surface area contributed by atoms with E-state index < -0.39 is 0 Å².